The van der Waals surface area contributed by atoms with E-state index in [-0.39, 0.29) is 6.04 Å². The Labute approximate surface area is 172 Å². The van der Waals surface area contributed by atoms with Crippen molar-refractivity contribution in [3.63, 3.8) is 0 Å². The second-order valence-electron chi connectivity index (χ2n) is 7.07. The average molecular weight is 386 g/mol. The predicted molar refractivity (Wildman–Crippen MR) is 118 cm³/mol. The summed E-state index contributed by atoms with van der Waals surface area (Å²) in [5, 5.41) is 11.4. The van der Waals surface area contributed by atoms with Crippen LogP contribution in [0.5, 0.6) is 0 Å². The molecule has 1 unspecified atom stereocenters. The molecule has 1 N–H and O–H groups in total. The highest BCUT2D eigenvalue weighted by Crippen LogP contribution is 2.25. The second-order valence-corrected chi connectivity index (χ2v) is 7.07. The minimum atomic E-state index is -0.415. The van der Waals surface area contributed by atoms with E-state index in [0.717, 1.165) is 46.6 Å². The van der Waals surface area contributed by atoms with Crippen LogP contribution in [0.25, 0.3) is 17.2 Å². The summed E-state index contributed by atoms with van der Waals surface area (Å²) in [6.45, 7) is 2.10. The first kappa shape index (κ1) is 20.6. The molecule has 0 aliphatic rings. The van der Waals surface area contributed by atoms with E-state index < -0.39 is 5.91 Å². The number of carbonyl (C=O) groups excluding carboxylic acids is 1. The summed E-state index contributed by atoms with van der Waals surface area (Å²) in [5.41, 5.74) is 4.14. The van der Waals surface area contributed by atoms with Gasteiger partial charge in [0, 0.05) is 6.08 Å². The number of hydrogen-bond acceptors (Lipinski definition) is 2. The number of amides is 1. The molecule has 0 spiro atoms. The van der Waals surface area contributed by atoms with Crippen molar-refractivity contribution in [1.82, 2.24) is 5.06 Å². The van der Waals surface area contributed by atoms with E-state index in [1.807, 2.05) is 72.8 Å². The zero-order valence-electron chi connectivity index (χ0n) is 16.7. The third-order valence-electron chi connectivity index (χ3n) is 4.97. The Morgan fingerprint density at radius 1 is 0.897 bits per heavy atom. The van der Waals surface area contributed by atoms with Crippen molar-refractivity contribution >= 4 is 12.0 Å². The van der Waals surface area contributed by atoms with Gasteiger partial charge in [-0.15, -0.1) is 0 Å². The first-order valence-corrected chi connectivity index (χ1v) is 10.1. The van der Waals surface area contributed by atoms with E-state index in [2.05, 4.69) is 19.1 Å². The molecule has 3 aromatic carbocycles. The number of hydrogen-bond donors (Lipinski definition) is 1. The van der Waals surface area contributed by atoms with Gasteiger partial charge in [0.2, 0.25) is 0 Å². The molecule has 148 valence electrons. The van der Waals surface area contributed by atoms with Crippen molar-refractivity contribution in [3.05, 3.63) is 102 Å². The molecule has 3 heteroatoms. The Morgan fingerprint density at radius 2 is 1.48 bits per heavy atom. The normalized spacial score (nSPS) is 12.1. The summed E-state index contributed by atoms with van der Waals surface area (Å²) in [7, 11) is 0. The number of benzene rings is 3. The monoisotopic (exact) mass is 385 g/mol. The van der Waals surface area contributed by atoms with Crippen LogP contribution in [-0.2, 0) is 4.79 Å². The van der Waals surface area contributed by atoms with Crippen molar-refractivity contribution in [2.75, 3.05) is 0 Å². The lowest BCUT2D eigenvalue weighted by molar-refractivity contribution is -0.171. The first-order valence-electron chi connectivity index (χ1n) is 10.1. The minimum absolute atomic E-state index is 0.339. The Kier molecular flexibility index (Phi) is 7.37. The summed E-state index contributed by atoms with van der Waals surface area (Å²) in [6.07, 6.45) is 5.84. The maximum absolute atomic E-state index is 12.6. The third kappa shape index (κ3) is 5.66. The molecule has 0 saturated heterocycles. The molecular formula is C26H27NO2. The summed E-state index contributed by atoms with van der Waals surface area (Å²) >= 11 is 0. The van der Waals surface area contributed by atoms with Crippen molar-refractivity contribution in [1.29, 1.82) is 0 Å². The van der Waals surface area contributed by atoms with Crippen LogP contribution in [0.3, 0.4) is 0 Å². The van der Waals surface area contributed by atoms with Gasteiger partial charge in [0.15, 0.2) is 0 Å². The van der Waals surface area contributed by atoms with Crippen LogP contribution < -0.4 is 0 Å². The molecule has 0 radical (unpaired) electrons. The van der Waals surface area contributed by atoms with Gasteiger partial charge in [0.05, 0.1) is 6.04 Å². The summed E-state index contributed by atoms with van der Waals surface area (Å²) in [4.78, 5) is 12.6. The van der Waals surface area contributed by atoms with Gasteiger partial charge in [0.25, 0.3) is 5.91 Å². The zero-order chi connectivity index (χ0) is 20.5. The topological polar surface area (TPSA) is 40.5 Å². The van der Waals surface area contributed by atoms with Gasteiger partial charge in [0.1, 0.15) is 0 Å². The Morgan fingerprint density at radius 3 is 2.10 bits per heavy atom. The molecule has 3 rings (SSSR count). The van der Waals surface area contributed by atoms with Crippen molar-refractivity contribution in [2.45, 2.75) is 32.2 Å². The predicted octanol–water partition coefficient (Wildman–Crippen LogP) is 6.52. The number of rotatable bonds is 8. The van der Waals surface area contributed by atoms with Crippen LogP contribution in [0.2, 0.25) is 0 Å². The Bertz CT molecular complexity index is 918. The molecule has 3 nitrogen and oxygen atoms in total. The minimum Gasteiger partial charge on any atom is -0.285 e. The quantitative estimate of drug-likeness (QED) is 0.272. The molecule has 1 atom stereocenters. The van der Waals surface area contributed by atoms with Crippen LogP contribution in [-0.4, -0.2) is 16.2 Å². The molecule has 0 fully saturated rings. The number of nitrogens with zero attached hydrogens (tertiary/aromatic N) is 1. The molecule has 1 amide bonds. The summed E-state index contributed by atoms with van der Waals surface area (Å²) < 4.78 is 0. The Hall–Kier alpha value is -3.17. The molecule has 29 heavy (non-hydrogen) atoms. The molecule has 0 saturated carbocycles. The lowest BCUT2D eigenvalue weighted by Crippen LogP contribution is -2.30. The highest BCUT2D eigenvalue weighted by atomic mass is 16.5. The van der Waals surface area contributed by atoms with Crippen LogP contribution in [0.4, 0.5) is 0 Å². The number of unbranched alkanes of at least 4 members (excludes halogenated alkanes) is 1. The standard InChI is InChI=1S/C26H27NO2/c1-2-3-14-25(24-12-8-5-9-13-24)27(29)26(28)20-17-21-15-18-23(19-16-21)22-10-6-4-7-11-22/h4-13,15-20,25,29H,2-3,14H2,1H3. The van der Waals surface area contributed by atoms with Gasteiger partial charge in [-0.25, -0.2) is 5.06 Å². The van der Waals surface area contributed by atoms with Gasteiger partial charge in [-0.05, 0) is 34.8 Å². The fraction of sp³-hybridized carbons (Fsp3) is 0.192. The van der Waals surface area contributed by atoms with Crippen LogP contribution in [0.1, 0.15) is 43.4 Å². The number of hydroxylamine groups is 2. The van der Waals surface area contributed by atoms with Gasteiger partial charge in [-0.2, -0.15) is 0 Å². The lowest BCUT2D eigenvalue weighted by atomic mass is 10.0. The second kappa shape index (κ2) is 10.4. The number of carbonyl (C=O) groups is 1. The maximum atomic E-state index is 12.6. The average Bonchev–Trinajstić information content (AvgIpc) is 2.79. The van der Waals surface area contributed by atoms with E-state index in [1.54, 1.807) is 6.08 Å². The first-order chi connectivity index (χ1) is 14.2. The molecular weight excluding hydrogens is 358 g/mol. The van der Waals surface area contributed by atoms with Gasteiger partial charge in [-0.3, -0.25) is 10.0 Å². The van der Waals surface area contributed by atoms with Crippen LogP contribution >= 0.6 is 0 Å². The van der Waals surface area contributed by atoms with E-state index in [0.29, 0.717) is 0 Å². The van der Waals surface area contributed by atoms with E-state index in [9.17, 15) is 10.0 Å². The van der Waals surface area contributed by atoms with Gasteiger partial charge >= 0.3 is 0 Å². The Balaban J connectivity index is 1.69. The summed E-state index contributed by atoms with van der Waals surface area (Å²) in [5.74, 6) is -0.415. The molecule has 3 aromatic rings. The third-order valence-corrected chi connectivity index (χ3v) is 4.97. The fourth-order valence-corrected chi connectivity index (χ4v) is 3.32. The van der Waals surface area contributed by atoms with Crippen LogP contribution in [0, 0.1) is 0 Å². The molecule has 0 aliphatic carbocycles. The highest BCUT2D eigenvalue weighted by molar-refractivity contribution is 5.91. The van der Waals surface area contributed by atoms with E-state index >= 15 is 0 Å². The van der Waals surface area contributed by atoms with Crippen LogP contribution in [0.15, 0.2) is 91.0 Å². The summed E-state index contributed by atoms with van der Waals surface area (Å²) in [6, 6.07) is 27.5. The maximum Gasteiger partial charge on any atom is 0.270 e. The molecule has 0 heterocycles. The smallest absolute Gasteiger partial charge is 0.270 e. The SMILES string of the molecule is CCCCC(c1ccccc1)N(O)C(=O)C=Cc1ccc(-c2ccccc2)cc1. The van der Waals surface area contributed by atoms with Crippen molar-refractivity contribution in [2.24, 2.45) is 0 Å². The van der Waals surface area contributed by atoms with Crippen molar-refractivity contribution < 1.29 is 10.0 Å². The van der Waals surface area contributed by atoms with Gasteiger partial charge in [-0.1, -0.05) is 105 Å². The largest absolute Gasteiger partial charge is 0.285 e. The zero-order valence-corrected chi connectivity index (χ0v) is 16.7. The highest BCUT2D eigenvalue weighted by Gasteiger charge is 2.21. The van der Waals surface area contributed by atoms with E-state index in [4.69, 9.17) is 0 Å². The van der Waals surface area contributed by atoms with Gasteiger partial charge < -0.3 is 0 Å². The fourth-order valence-electron chi connectivity index (χ4n) is 3.32. The van der Waals surface area contributed by atoms with Crippen molar-refractivity contribution in [3.8, 4) is 11.1 Å². The lowest BCUT2D eigenvalue weighted by Gasteiger charge is -2.25. The van der Waals surface area contributed by atoms with E-state index in [1.165, 1.54) is 6.08 Å². The molecule has 0 aromatic heterocycles. The molecule has 0 bridgehead atoms. The molecule has 0 aliphatic heterocycles.